The van der Waals surface area contributed by atoms with Gasteiger partial charge in [-0.15, -0.1) is 0 Å². The maximum Gasteiger partial charge on any atom is 0.257 e. The second kappa shape index (κ2) is 7.60. The maximum absolute atomic E-state index is 13.3. The van der Waals surface area contributed by atoms with Crippen LogP contribution in [0.2, 0.25) is 5.02 Å². The van der Waals surface area contributed by atoms with E-state index in [4.69, 9.17) is 16.3 Å². The van der Waals surface area contributed by atoms with Gasteiger partial charge in [-0.2, -0.15) is 0 Å². The summed E-state index contributed by atoms with van der Waals surface area (Å²) in [6.07, 6.45) is 3.02. The molecule has 0 spiro atoms. The number of aromatic nitrogens is 1. The molecule has 1 aromatic carbocycles. The number of benzene rings is 1. The van der Waals surface area contributed by atoms with E-state index in [2.05, 4.69) is 10.3 Å². The van der Waals surface area contributed by atoms with Gasteiger partial charge in [-0.3, -0.25) is 9.59 Å². The summed E-state index contributed by atoms with van der Waals surface area (Å²) in [5, 5.41) is 3.33. The number of amides is 1. The maximum atomic E-state index is 13.3. The minimum atomic E-state index is -0.603. The average Bonchev–Trinajstić information content (AvgIpc) is 2.58. The summed E-state index contributed by atoms with van der Waals surface area (Å²) in [6.45, 7) is 2.73. The molecule has 1 saturated heterocycles. The number of halogens is 2. The standard InChI is InChI=1S/C19H20ClFN2O3/c1-12-8-17(24)15(11-22-12)18(25)23-19(4-6-26-7-5-19)10-13-2-3-14(21)9-16(13)20/h2-3,8-9,11H,4-7,10H2,1H3,(H,22,24)(H,23,25). The van der Waals surface area contributed by atoms with Gasteiger partial charge in [0, 0.05) is 41.7 Å². The van der Waals surface area contributed by atoms with Gasteiger partial charge in [-0.1, -0.05) is 17.7 Å². The lowest BCUT2D eigenvalue weighted by Crippen LogP contribution is -2.54. The number of rotatable bonds is 4. The van der Waals surface area contributed by atoms with E-state index in [-0.39, 0.29) is 11.0 Å². The highest BCUT2D eigenvalue weighted by Gasteiger charge is 2.35. The molecule has 1 aliphatic heterocycles. The van der Waals surface area contributed by atoms with Crippen LogP contribution in [-0.4, -0.2) is 29.6 Å². The van der Waals surface area contributed by atoms with Gasteiger partial charge < -0.3 is 15.0 Å². The lowest BCUT2D eigenvalue weighted by Gasteiger charge is -2.38. The van der Waals surface area contributed by atoms with E-state index in [0.29, 0.717) is 43.2 Å². The molecular formula is C19H20ClFN2O3. The number of H-pyrrole nitrogens is 1. The summed E-state index contributed by atoms with van der Waals surface area (Å²) in [7, 11) is 0. The van der Waals surface area contributed by atoms with Crippen molar-refractivity contribution in [2.24, 2.45) is 0 Å². The minimum Gasteiger partial charge on any atom is -0.381 e. The highest BCUT2D eigenvalue weighted by atomic mass is 35.5. The molecule has 0 saturated carbocycles. The zero-order valence-electron chi connectivity index (χ0n) is 14.4. The molecule has 2 aromatic rings. The van der Waals surface area contributed by atoms with Crippen LogP contribution in [-0.2, 0) is 11.2 Å². The first-order valence-corrected chi connectivity index (χ1v) is 8.80. The Labute approximate surface area is 155 Å². The van der Waals surface area contributed by atoms with Gasteiger partial charge in [-0.25, -0.2) is 4.39 Å². The fourth-order valence-electron chi connectivity index (χ4n) is 3.20. The zero-order valence-corrected chi connectivity index (χ0v) is 15.2. The van der Waals surface area contributed by atoms with Crippen LogP contribution in [0.1, 0.15) is 34.5 Å². The highest BCUT2D eigenvalue weighted by Crippen LogP contribution is 2.29. The molecule has 2 N–H and O–H groups in total. The van der Waals surface area contributed by atoms with Crippen molar-refractivity contribution in [2.75, 3.05) is 13.2 Å². The number of pyridine rings is 1. The predicted octanol–water partition coefficient (Wildman–Crippen LogP) is 3.00. The third-order valence-corrected chi connectivity index (χ3v) is 5.03. The second-order valence-corrected chi connectivity index (χ2v) is 7.06. The van der Waals surface area contributed by atoms with Crippen LogP contribution in [0.3, 0.4) is 0 Å². The molecule has 5 nitrogen and oxygen atoms in total. The largest absolute Gasteiger partial charge is 0.381 e. The Morgan fingerprint density at radius 1 is 1.35 bits per heavy atom. The molecule has 138 valence electrons. The lowest BCUT2D eigenvalue weighted by molar-refractivity contribution is 0.0359. The van der Waals surface area contributed by atoms with Crippen molar-refractivity contribution in [3.05, 3.63) is 68.3 Å². The summed E-state index contributed by atoms with van der Waals surface area (Å²) in [5.74, 6) is -0.846. The van der Waals surface area contributed by atoms with Gasteiger partial charge >= 0.3 is 0 Å². The Kier molecular flexibility index (Phi) is 5.44. The molecule has 3 rings (SSSR count). The van der Waals surface area contributed by atoms with Gasteiger partial charge in [0.1, 0.15) is 11.4 Å². The van der Waals surface area contributed by atoms with Crippen LogP contribution in [0.5, 0.6) is 0 Å². The fraction of sp³-hybridized carbons (Fsp3) is 0.368. The number of nitrogens with one attached hydrogen (secondary N) is 2. The molecule has 0 radical (unpaired) electrons. The number of aryl methyl sites for hydroxylation is 1. The van der Waals surface area contributed by atoms with Crippen LogP contribution in [0.4, 0.5) is 4.39 Å². The third-order valence-electron chi connectivity index (χ3n) is 4.67. The van der Waals surface area contributed by atoms with Crippen molar-refractivity contribution < 1.29 is 13.9 Å². The summed E-state index contributed by atoms with van der Waals surface area (Å²) >= 11 is 6.17. The summed E-state index contributed by atoms with van der Waals surface area (Å²) in [6, 6.07) is 5.62. The Balaban J connectivity index is 1.87. The third kappa shape index (κ3) is 4.14. The van der Waals surface area contributed by atoms with Crippen LogP contribution < -0.4 is 10.7 Å². The summed E-state index contributed by atoms with van der Waals surface area (Å²) < 4.78 is 18.7. The number of hydrogen-bond donors (Lipinski definition) is 2. The molecule has 26 heavy (non-hydrogen) atoms. The molecule has 7 heteroatoms. The van der Waals surface area contributed by atoms with E-state index < -0.39 is 17.3 Å². The van der Waals surface area contributed by atoms with E-state index in [0.717, 1.165) is 5.56 Å². The second-order valence-electron chi connectivity index (χ2n) is 6.65. The molecule has 0 atom stereocenters. The van der Waals surface area contributed by atoms with Crippen molar-refractivity contribution in [3.8, 4) is 0 Å². The molecular weight excluding hydrogens is 359 g/mol. The molecule has 1 aromatic heterocycles. The quantitative estimate of drug-likeness (QED) is 0.859. The van der Waals surface area contributed by atoms with Crippen molar-refractivity contribution >= 4 is 17.5 Å². The molecule has 2 heterocycles. The van der Waals surface area contributed by atoms with Crippen molar-refractivity contribution in [1.29, 1.82) is 0 Å². The predicted molar refractivity (Wildman–Crippen MR) is 97.2 cm³/mol. The Bertz CT molecular complexity index is 875. The first-order valence-electron chi connectivity index (χ1n) is 8.42. The number of carbonyl (C=O) groups excluding carboxylic acids is 1. The van der Waals surface area contributed by atoms with Crippen molar-refractivity contribution in [1.82, 2.24) is 10.3 Å². The average molecular weight is 379 g/mol. The summed E-state index contributed by atoms with van der Waals surface area (Å²) in [5.41, 5.74) is 0.555. The molecule has 1 fully saturated rings. The topological polar surface area (TPSA) is 71.2 Å². The van der Waals surface area contributed by atoms with Gasteiger partial charge in [0.25, 0.3) is 5.91 Å². The zero-order chi connectivity index (χ0) is 18.7. The fourth-order valence-corrected chi connectivity index (χ4v) is 3.43. The number of ether oxygens (including phenoxy) is 1. The normalized spacial score (nSPS) is 16.3. The monoisotopic (exact) mass is 378 g/mol. The van der Waals surface area contributed by atoms with Gasteiger partial charge in [0.2, 0.25) is 0 Å². The van der Waals surface area contributed by atoms with E-state index in [1.807, 2.05) is 0 Å². The molecule has 1 amide bonds. The van der Waals surface area contributed by atoms with Gasteiger partial charge in [0.05, 0.1) is 0 Å². The van der Waals surface area contributed by atoms with E-state index in [1.165, 1.54) is 24.4 Å². The Morgan fingerprint density at radius 2 is 2.08 bits per heavy atom. The molecule has 0 aliphatic carbocycles. The molecule has 0 unspecified atom stereocenters. The number of carbonyl (C=O) groups is 1. The SMILES string of the molecule is Cc1cc(=O)c(C(=O)NC2(Cc3ccc(F)cc3Cl)CCOCC2)c[nH]1. The van der Waals surface area contributed by atoms with Gasteiger partial charge in [-0.05, 0) is 43.9 Å². The van der Waals surface area contributed by atoms with Crippen LogP contribution in [0.25, 0.3) is 0 Å². The first-order chi connectivity index (χ1) is 12.4. The lowest BCUT2D eigenvalue weighted by atomic mass is 9.83. The Hall–Kier alpha value is -2.18. The molecule has 1 aliphatic rings. The van der Waals surface area contributed by atoms with Crippen LogP contribution in [0, 0.1) is 12.7 Å². The number of hydrogen-bond acceptors (Lipinski definition) is 3. The van der Waals surface area contributed by atoms with Crippen LogP contribution in [0.15, 0.2) is 35.3 Å². The first kappa shape index (κ1) is 18.6. The number of aromatic amines is 1. The van der Waals surface area contributed by atoms with Gasteiger partial charge in [0.15, 0.2) is 5.43 Å². The van der Waals surface area contributed by atoms with Crippen LogP contribution >= 0.6 is 11.6 Å². The smallest absolute Gasteiger partial charge is 0.257 e. The highest BCUT2D eigenvalue weighted by molar-refractivity contribution is 6.31. The van der Waals surface area contributed by atoms with E-state index in [9.17, 15) is 14.0 Å². The Morgan fingerprint density at radius 3 is 2.73 bits per heavy atom. The minimum absolute atomic E-state index is 0.0617. The van der Waals surface area contributed by atoms with E-state index in [1.54, 1.807) is 13.0 Å². The molecule has 0 bridgehead atoms. The summed E-state index contributed by atoms with van der Waals surface area (Å²) in [4.78, 5) is 27.7. The van der Waals surface area contributed by atoms with E-state index >= 15 is 0 Å². The van der Waals surface area contributed by atoms with Crippen molar-refractivity contribution in [3.63, 3.8) is 0 Å². The van der Waals surface area contributed by atoms with Crippen molar-refractivity contribution in [2.45, 2.75) is 31.7 Å².